The first-order valence-electron chi connectivity index (χ1n) is 8.07. The van der Waals surface area contributed by atoms with Crippen molar-refractivity contribution in [3.05, 3.63) is 18.2 Å². The van der Waals surface area contributed by atoms with Gasteiger partial charge in [-0.3, -0.25) is 4.79 Å². The van der Waals surface area contributed by atoms with Crippen LogP contribution in [0.25, 0.3) is 11.0 Å². The lowest BCUT2D eigenvalue weighted by Gasteiger charge is -2.35. The van der Waals surface area contributed by atoms with Crippen LogP contribution in [0.15, 0.2) is 23.1 Å². The minimum Gasteiger partial charge on any atom is -0.339 e. The van der Waals surface area contributed by atoms with Gasteiger partial charge in [0.1, 0.15) is 15.9 Å². The van der Waals surface area contributed by atoms with Crippen LogP contribution in [0.5, 0.6) is 0 Å². The molecule has 1 aliphatic rings. The molecule has 0 aliphatic carbocycles. The van der Waals surface area contributed by atoms with Crippen molar-refractivity contribution in [2.24, 2.45) is 0 Å². The Kier molecular flexibility index (Phi) is 5.49. The van der Waals surface area contributed by atoms with Crippen molar-refractivity contribution in [3.63, 3.8) is 0 Å². The highest BCUT2D eigenvalue weighted by atomic mass is 32.2. The van der Waals surface area contributed by atoms with E-state index in [1.165, 1.54) is 22.2 Å². The molecule has 1 aromatic carbocycles. The number of nitrogens with one attached hydrogen (secondary N) is 1. The van der Waals surface area contributed by atoms with Crippen molar-refractivity contribution in [1.29, 1.82) is 0 Å². The number of hydrogen-bond acceptors (Lipinski definition) is 8. The topological polar surface area (TPSA) is 130 Å². The summed E-state index contributed by atoms with van der Waals surface area (Å²) in [7, 11) is -7.28. The maximum atomic E-state index is 13.0. The van der Waals surface area contributed by atoms with Crippen molar-refractivity contribution >= 4 is 48.7 Å². The summed E-state index contributed by atoms with van der Waals surface area (Å²) >= 11 is 0.950. The highest BCUT2D eigenvalue weighted by molar-refractivity contribution is 7.89. The first kappa shape index (κ1) is 20.1. The predicted octanol–water partition coefficient (Wildman–Crippen LogP) is -0.538. The van der Waals surface area contributed by atoms with Crippen molar-refractivity contribution in [3.8, 4) is 0 Å². The fourth-order valence-electron chi connectivity index (χ4n) is 2.92. The molecule has 0 radical (unpaired) electrons. The number of hydrogen-bond donors (Lipinski definition) is 1. The van der Waals surface area contributed by atoms with Crippen LogP contribution in [0.2, 0.25) is 0 Å². The number of piperazine rings is 1. The normalized spacial score (nSPS) is 17.9. The molecule has 0 saturated carbocycles. The highest BCUT2D eigenvalue weighted by Gasteiger charge is 2.33. The van der Waals surface area contributed by atoms with Crippen LogP contribution in [0.4, 0.5) is 0 Å². The van der Waals surface area contributed by atoms with E-state index >= 15 is 0 Å². The average Bonchev–Trinajstić information content (AvgIpc) is 3.08. The summed E-state index contributed by atoms with van der Waals surface area (Å²) in [6.07, 6.45) is 0.981. The summed E-state index contributed by atoms with van der Waals surface area (Å²) in [6, 6.07) is 3.91. The van der Waals surface area contributed by atoms with Gasteiger partial charge in [-0.2, -0.15) is 13.1 Å². The van der Waals surface area contributed by atoms with Crippen molar-refractivity contribution in [2.45, 2.75) is 17.9 Å². The van der Waals surface area contributed by atoms with Gasteiger partial charge in [-0.05, 0) is 19.1 Å². The smallest absolute Gasteiger partial charge is 0.245 e. The summed E-state index contributed by atoms with van der Waals surface area (Å²) < 4.78 is 60.2. The molecular weight excluding hydrogens is 414 g/mol. The van der Waals surface area contributed by atoms with Crippen molar-refractivity contribution in [1.82, 2.24) is 22.7 Å². The van der Waals surface area contributed by atoms with E-state index in [4.69, 9.17) is 0 Å². The highest BCUT2D eigenvalue weighted by Crippen LogP contribution is 2.25. The number of carbonyl (C=O) groups is 1. The third-order valence-corrected chi connectivity index (χ3v) is 7.43. The van der Waals surface area contributed by atoms with Crippen LogP contribution in [0.3, 0.4) is 0 Å². The molecule has 148 valence electrons. The number of fused-ring (bicyclic) bond motifs is 1. The van der Waals surface area contributed by atoms with Crippen molar-refractivity contribution < 1.29 is 21.6 Å². The minimum atomic E-state index is -3.77. The molecule has 1 amide bonds. The van der Waals surface area contributed by atoms with E-state index < -0.39 is 26.1 Å². The van der Waals surface area contributed by atoms with Gasteiger partial charge in [0, 0.05) is 26.2 Å². The Hall–Kier alpha value is -1.67. The lowest BCUT2D eigenvalue weighted by Crippen LogP contribution is -2.54. The molecule has 1 saturated heterocycles. The molecule has 1 aliphatic heterocycles. The van der Waals surface area contributed by atoms with Crippen molar-refractivity contribution in [2.75, 3.05) is 32.4 Å². The molecule has 2 aromatic rings. The molecule has 1 aromatic heterocycles. The van der Waals surface area contributed by atoms with Gasteiger partial charge in [-0.25, -0.2) is 21.6 Å². The van der Waals surface area contributed by atoms with Crippen LogP contribution < -0.4 is 4.72 Å². The number of sulfonamides is 2. The third-order valence-electron chi connectivity index (χ3n) is 4.18. The predicted molar refractivity (Wildman–Crippen MR) is 100 cm³/mol. The molecule has 0 spiro atoms. The summed E-state index contributed by atoms with van der Waals surface area (Å²) in [5.41, 5.74) is 0.863. The van der Waals surface area contributed by atoms with E-state index in [0.29, 0.717) is 11.0 Å². The second kappa shape index (κ2) is 7.39. The number of benzene rings is 1. The number of nitrogens with zero attached hydrogens (tertiary/aromatic N) is 4. The molecule has 3 rings (SSSR count). The van der Waals surface area contributed by atoms with Gasteiger partial charge in [0.05, 0.1) is 24.0 Å². The molecule has 1 fully saturated rings. The Morgan fingerprint density at radius 3 is 2.44 bits per heavy atom. The van der Waals surface area contributed by atoms with Gasteiger partial charge in [-0.15, -0.1) is 0 Å². The molecule has 0 bridgehead atoms. The molecule has 2 heterocycles. The van der Waals surface area contributed by atoms with Gasteiger partial charge >= 0.3 is 0 Å². The van der Waals surface area contributed by atoms with Gasteiger partial charge < -0.3 is 4.90 Å². The van der Waals surface area contributed by atoms with Crippen LogP contribution in [-0.2, 0) is 24.8 Å². The SMILES string of the molecule is C[C@H](NS(C)(=O)=O)C(=O)N1CCN(S(=O)(=O)c2cccc3nsnc23)CC1. The Labute approximate surface area is 161 Å². The lowest BCUT2D eigenvalue weighted by molar-refractivity contribution is -0.133. The monoisotopic (exact) mass is 433 g/mol. The summed E-state index contributed by atoms with van der Waals surface area (Å²) in [5, 5.41) is 0. The summed E-state index contributed by atoms with van der Waals surface area (Å²) in [4.78, 5) is 13.9. The molecule has 13 heteroatoms. The third kappa shape index (κ3) is 4.27. The van der Waals surface area contributed by atoms with E-state index in [2.05, 4.69) is 13.5 Å². The Morgan fingerprint density at radius 2 is 1.81 bits per heavy atom. The largest absolute Gasteiger partial charge is 0.339 e. The lowest BCUT2D eigenvalue weighted by atomic mass is 10.2. The Morgan fingerprint density at radius 1 is 1.15 bits per heavy atom. The number of amides is 1. The molecule has 27 heavy (non-hydrogen) atoms. The minimum absolute atomic E-state index is 0.0978. The standard InChI is InChI=1S/C14H19N5O5S3/c1-10(17-26(2,21)22)14(20)18-6-8-19(9-7-18)27(23,24)12-5-3-4-11-13(12)16-25-15-11/h3-5,10,17H,6-9H2,1-2H3/t10-/m0/s1. The first-order valence-corrected chi connectivity index (χ1v) is 12.1. The fraction of sp³-hybridized carbons (Fsp3) is 0.500. The Balaban J connectivity index is 1.72. The van der Waals surface area contributed by atoms with Gasteiger partial charge in [0.25, 0.3) is 0 Å². The fourth-order valence-corrected chi connectivity index (χ4v) is 5.84. The second-order valence-corrected chi connectivity index (χ2v) is 10.4. The molecular formula is C14H19N5O5S3. The molecule has 1 N–H and O–H groups in total. The average molecular weight is 434 g/mol. The second-order valence-electron chi connectivity index (χ2n) is 6.23. The molecule has 1 atom stereocenters. The first-order chi connectivity index (χ1) is 12.6. The maximum absolute atomic E-state index is 13.0. The van der Waals surface area contributed by atoms with E-state index in [0.717, 1.165) is 18.0 Å². The Bertz CT molecular complexity index is 1060. The van der Waals surface area contributed by atoms with E-state index in [9.17, 15) is 21.6 Å². The van der Waals surface area contributed by atoms with Crippen LogP contribution in [0, 0.1) is 0 Å². The number of carbonyl (C=O) groups excluding carboxylic acids is 1. The zero-order valence-electron chi connectivity index (χ0n) is 14.7. The quantitative estimate of drug-likeness (QED) is 0.670. The van der Waals surface area contributed by atoms with Gasteiger partial charge in [-0.1, -0.05) is 6.07 Å². The van der Waals surface area contributed by atoms with E-state index in [1.807, 2.05) is 0 Å². The number of aromatic nitrogens is 2. The maximum Gasteiger partial charge on any atom is 0.245 e. The zero-order valence-corrected chi connectivity index (χ0v) is 17.1. The molecule has 10 nitrogen and oxygen atoms in total. The van der Waals surface area contributed by atoms with Crippen LogP contribution >= 0.6 is 11.7 Å². The van der Waals surface area contributed by atoms with Crippen LogP contribution in [-0.4, -0.2) is 79.2 Å². The molecule has 0 unspecified atom stereocenters. The summed E-state index contributed by atoms with van der Waals surface area (Å²) in [5.74, 6) is -0.386. The van der Waals surface area contributed by atoms with Crippen LogP contribution in [0.1, 0.15) is 6.92 Å². The van der Waals surface area contributed by atoms with Gasteiger partial charge in [0.15, 0.2) is 0 Å². The van der Waals surface area contributed by atoms with E-state index in [1.54, 1.807) is 12.1 Å². The zero-order chi connectivity index (χ0) is 19.8. The summed E-state index contributed by atoms with van der Waals surface area (Å²) in [6.45, 7) is 2.06. The number of rotatable bonds is 5. The van der Waals surface area contributed by atoms with E-state index in [-0.39, 0.29) is 37.0 Å². The van der Waals surface area contributed by atoms with Gasteiger partial charge in [0.2, 0.25) is 26.0 Å².